The van der Waals surface area contributed by atoms with Crippen molar-refractivity contribution in [2.75, 3.05) is 37.9 Å². The van der Waals surface area contributed by atoms with Crippen molar-refractivity contribution in [2.24, 2.45) is 0 Å². The standard InChI is InChI=1S/C27H23F3N8O3.C2H6/c1-41-12-2-3-21(39)37-11-9-19(14-37)38-25-22(24(31)33-15-34-25)23(36-38)16-4-6-17(7-5-16)26(40)35-20-13-18(8-10-32-20)27(28,29)30;1-2/h4-8,10,13,15,19H,9,11-12,14H2,1H3,(H2,31,33,34)(H,32,35,40);1-2H3. The van der Waals surface area contributed by atoms with Crippen molar-refractivity contribution in [3.63, 3.8) is 0 Å². The lowest BCUT2D eigenvalue weighted by Gasteiger charge is -2.14. The number of nitrogens with zero attached hydrogens (tertiary/aromatic N) is 6. The van der Waals surface area contributed by atoms with Crippen LogP contribution in [0.1, 0.15) is 42.2 Å². The molecule has 1 saturated heterocycles. The third-order valence-corrected chi connectivity index (χ3v) is 6.48. The second-order valence-corrected chi connectivity index (χ2v) is 9.14. The number of ether oxygens (including phenoxy) is 1. The molecule has 1 aliphatic heterocycles. The van der Waals surface area contributed by atoms with Crippen LogP contribution in [0.2, 0.25) is 0 Å². The lowest BCUT2D eigenvalue weighted by molar-refractivity contribution is -0.137. The molecule has 0 saturated carbocycles. The summed E-state index contributed by atoms with van der Waals surface area (Å²) in [5.74, 6) is 4.28. The van der Waals surface area contributed by atoms with Gasteiger partial charge in [0.15, 0.2) is 5.65 Å². The maximum absolute atomic E-state index is 13.0. The number of amides is 2. The normalized spacial score (nSPS) is 14.5. The molecule has 2 amide bonds. The van der Waals surface area contributed by atoms with Crippen LogP contribution in [-0.4, -0.2) is 68.3 Å². The number of nitrogens with two attached hydrogens (primary N) is 1. The monoisotopic (exact) mass is 594 g/mol. The molecule has 224 valence electrons. The molecule has 1 unspecified atom stereocenters. The fraction of sp³-hybridized carbons (Fsp3) is 0.310. The molecule has 43 heavy (non-hydrogen) atoms. The van der Waals surface area contributed by atoms with Crippen LogP contribution < -0.4 is 11.1 Å². The fourth-order valence-electron chi connectivity index (χ4n) is 4.48. The molecule has 11 nitrogen and oxygen atoms in total. The van der Waals surface area contributed by atoms with E-state index in [0.29, 0.717) is 41.8 Å². The van der Waals surface area contributed by atoms with E-state index in [-0.39, 0.29) is 35.8 Å². The third kappa shape index (κ3) is 6.90. The highest BCUT2D eigenvalue weighted by Crippen LogP contribution is 2.34. The topological polar surface area (TPSA) is 141 Å². The summed E-state index contributed by atoms with van der Waals surface area (Å²) in [5, 5.41) is 7.67. The number of nitrogen functional groups attached to an aromatic ring is 1. The summed E-state index contributed by atoms with van der Waals surface area (Å²) in [6, 6.07) is 7.71. The van der Waals surface area contributed by atoms with Gasteiger partial charge >= 0.3 is 6.18 Å². The molecule has 1 fully saturated rings. The van der Waals surface area contributed by atoms with Gasteiger partial charge < -0.3 is 20.7 Å². The van der Waals surface area contributed by atoms with E-state index in [1.807, 2.05) is 13.8 Å². The lowest BCUT2D eigenvalue weighted by Crippen LogP contribution is -2.28. The molecule has 3 aromatic heterocycles. The van der Waals surface area contributed by atoms with Gasteiger partial charge in [-0.1, -0.05) is 31.9 Å². The van der Waals surface area contributed by atoms with E-state index in [0.717, 1.165) is 18.3 Å². The number of rotatable bonds is 5. The van der Waals surface area contributed by atoms with E-state index in [1.165, 1.54) is 25.6 Å². The number of alkyl halides is 3. The number of aromatic nitrogens is 5. The number of benzene rings is 1. The maximum atomic E-state index is 13.0. The summed E-state index contributed by atoms with van der Waals surface area (Å²) in [7, 11) is 1.50. The van der Waals surface area contributed by atoms with E-state index in [4.69, 9.17) is 15.6 Å². The third-order valence-electron chi connectivity index (χ3n) is 6.48. The van der Waals surface area contributed by atoms with Gasteiger partial charge in [-0.2, -0.15) is 18.3 Å². The Hall–Kier alpha value is -5.03. The number of carbonyl (C=O) groups excluding carboxylic acids is 2. The van der Waals surface area contributed by atoms with E-state index in [2.05, 4.69) is 32.1 Å². The summed E-state index contributed by atoms with van der Waals surface area (Å²) in [6.45, 7) is 5.03. The van der Waals surface area contributed by atoms with Crippen molar-refractivity contribution in [3.8, 4) is 23.1 Å². The average Bonchev–Trinajstić information content (AvgIpc) is 3.64. The molecule has 14 heteroatoms. The molecule has 4 aromatic rings. The Bertz CT molecular complexity index is 1680. The van der Waals surface area contributed by atoms with Gasteiger partial charge in [-0.05, 0) is 36.6 Å². The van der Waals surface area contributed by atoms with E-state index in [9.17, 15) is 22.8 Å². The quantitative estimate of drug-likeness (QED) is 0.328. The largest absolute Gasteiger partial charge is 0.416 e. The van der Waals surface area contributed by atoms with E-state index in [1.54, 1.807) is 21.7 Å². The molecule has 4 heterocycles. The van der Waals surface area contributed by atoms with Crippen LogP contribution in [0.15, 0.2) is 48.9 Å². The summed E-state index contributed by atoms with van der Waals surface area (Å²) >= 11 is 0. The van der Waals surface area contributed by atoms with Gasteiger partial charge in [0.1, 0.15) is 30.3 Å². The minimum atomic E-state index is -4.56. The Morgan fingerprint density at radius 3 is 2.58 bits per heavy atom. The maximum Gasteiger partial charge on any atom is 0.416 e. The van der Waals surface area contributed by atoms with Gasteiger partial charge in [-0.25, -0.2) is 19.6 Å². The summed E-state index contributed by atoms with van der Waals surface area (Å²) < 4.78 is 45.6. The minimum absolute atomic E-state index is 0.162. The highest BCUT2D eigenvalue weighted by Gasteiger charge is 2.32. The molecule has 3 N–H and O–H groups in total. The number of carbonyl (C=O) groups is 2. The van der Waals surface area contributed by atoms with Gasteiger partial charge in [0.2, 0.25) is 0 Å². The number of hydrogen-bond donors (Lipinski definition) is 2. The van der Waals surface area contributed by atoms with Crippen LogP contribution in [0.25, 0.3) is 22.3 Å². The fourth-order valence-corrected chi connectivity index (χ4v) is 4.48. The number of likely N-dealkylation sites (tertiary alicyclic amines) is 1. The number of nitrogens with one attached hydrogen (secondary N) is 1. The smallest absolute Gasteiger partial charge is 0.383 e. The van der Waals surface area contributed by atoms with Crippen LogP contribution in [0.5, 0.6) is 0 Å². The Kier molecular flexibility index (Phi) is 9.56. The first-order chi connectivity index (χ1) is 20.7. The van der Waals surface area contributed by atoms with Crippen molar-refractivity contribution in [1.29, 1.82) is 0 Å². The van der Waals surface area contributed by atoms with Crippen LogP contribution in [0, 0.1) is 11.8 Å². The molecular formula is C29H29F3N8O3. The zero-order chi connectivity index (χ0) is 31.1. The molecule has 5 rings (SSSR count). The highest BCUT2D eigenvalue weighted by molar-refractivity contribution is 6.04. The van der Waals surface area contributed by atoms with Crippen molar-refractivity contribution in [3.05, 3.63) is 60.0 Å². The first-order valence-electron chi connectivity index (χ1n) is 13.4. The number of halogens is 3. The van der Waals surface area contributed by atoms with Crippen LogP contribution in [-0.2, 0) is 15.7 Å². The summed E-state index contributed by atoms with van der Waals surface area (Å²) in [5.41, 5.74) is 7.07. The van der Waals surface area contributed by atoms with E-state index < -0.39 is 17.6 Å². The Morgan fingerprint density at radius 1 is 1.14 bits per heavy atom. The van der Waals surface area contributed by atoms with Gasteiger partial charge in [-0.15, -0.1) is 0 Å². The second kappa shape index (κ2) is 13.3. The van der Waals surface area contributed by atoms with Crippen LogP contribution in [0.4, 0.5) is 24.8 Å². The summed E-state index contributed by atoms with van der Waals surface area (Å²) in [6.07, 6.45) is -1.63. The van der Waals surface area contributed by atoms with Gasteiger partial charge in [0.25, 0.3) is 11.8 Å². The molecule has 0 bridgehead atoms. The van der Waals surface area contributed by atoms with Crippen LogP contribution in [0.3, 0.4) is 0 Å². The predicted octanol–water partition coefficient (Wildman–Crippen LogP) is 4.19. The summed E-state index contributed by atoms with van der Waals surface area (Å²) in [4.78, 5) is 39.1. The first-order valence-corrected chi connectivity index (χ1v) is 13.4. The Morgan fingerprint density at radius 2 is 1.88 bits per heavy atom. The molecule has 0 aliphatic carbocycles. The zero-order valence-corrected chi connectivity index (χ0v) is 23.6. The van der Waals surface area contributed by atoms with Crippen molar-refractivity contribution < 1.29 is 27.5 Å². The second-order valence-electron chi connectivity index (χ2n) is 9.14. The van der Waals surface area contributed by atoms with Crippen molar-refractivity contribution >= 4 is 34.5 Å². The number of methoxy groups -OCH3 is 1. The Labute approximate surface area is 245 Å². The number of pyridine rings is 1. The van der Waals surface area contributed by atoms with Gasteiger partial charge in [-0.3, -0.25) is 9.59 Å². The van der Waals surface area contributed by atoms with Gasteiger partial charge in [0, 0.05) is 37.5 Å². The van der Waals surface area contributed by atoms with Crippen LogP contribution >= 0.6 is 0 Å². The average molecular weight is 595 g/mol. The SMILES string of the molecule is CC.COCC#CC(=O)N1CCC(n2nc(-c3ccc(C(=O)Nc4cc(C(F)(F)F)ccn4)cc3)c3c(N)ncnc32)C1. The molecule has 1 atom stereocenters. The number of anilines is 2. The Balaban J connectivity index is 0.00000207. The number of hydrogen-bond acceptors (Lipinski definition) is 8. The van der Waals surface area contributed by atoms with E-state index >= 15 is 0 Å². The highest BCUT2D eigenvalue weighted by atomic mass is 19.4. The zero-order valence-electron chi connectivity index (χ0n) is 23.6. The lowest BCUT2D eigenvalue weighted by atomic mass is 10.1. The molecular weight excluding hydrogens is 565 g/mol. The molecule has 0 spiro atoms. The minimum Gasteiger partial charge on any atom is -0.383 e. The first kappa shape index (κ1) is 30.9. The van der Waals surface area contributed by atoms with Gasteiger partial charge in [0.05, 0.1) is 17.0 Å². The molecule has 1 aliphatic rings. The molecule has 1 aromatic carbocycles. The van der Waals surface area contributed by atoms with Crippen molar-refractivity contribution in [2.45, 2.75) is 32.5 Å². The molecule has 0 radical (unpaired) electrons. The predicted molar refractivity (Wildman–Crippen MR) is 154 cm³/mol. The number of fused-ring (bicyclic) bond motifs is 1. The van der Waals surface area contributed by atoms with Crippen molar-refractivity contribution in [1.82, 2.24) is 29.6 Å².